The molecule has 10 N–H and O–H groups in total. The zero-order valence-electron chi connectivity index (χ0n) is 34.1. The normalized spacial score (nSPS) is 15.4. The Morgan fingerprint density at radius 1 is 0.536 bits per heavy atom. The maximum absolute atomic E-state index is 13.8. The molecule has 0 heterocycles. The first-order valence-electron chi connectivity index (χ1n) is 19.9. The number of amides is 4. The molecule has 0 aliphatic rings. The number of rotatable bonds is 25. The van der Waals surface area contributed by atoms with Crippen molar-refractivity contribution in [2.75, 3.05) is 0 Å². The summed E-state index contributed by atoms with van der Waals surface area (Å²) in [6, 6.07) is 13.4. The molecule has 0 fully saturated rings. The van der Waals surface area contributed by atoms with Crippen molar-refractivity contribution >= 4 is 48.4 Å². The highest BCUT2D eigenvalue weighted by molar-refractivity contribution is 5.91. The third kappa shape index (κ3) is 18.3. The number of hydrogen-bond donors (Lipinski definition) is 8. The van der Waals surface area contributed by atoms with Crippen LogP contribution in [0.25, 0.3) is 0 Å². The van der Waals surface area contributed by atoms with Crippen molar-refractivity contribution < 1.29 is 29.4 Å². The van der Waals surface area contributed by atoms with Crippen LogP contribution in [0.15, 0.2) is 60.7 Å². The van der Waals surface area contributed by atoms with Gasteiger partial charge in [-0.25, -0.2) is 0 Å². The van der Waals surface area contributed by atoms with E-state index in [0.29, 0.717) is 38.5 Å². The van der Waals surface area contributed by atoms with E-state index in [2.05, 4.69) is 21.3 Å². The Kier molecular flexibility index (Phi) is 26.5. The number of carbonyl (C=O) groups excluding carboxylic acids is 4. The van der Waals surface area contributed by atoms with Gasteiger partial charge in [0.05, 0.1) is 24.2 Å². The molecule has 14 heteroatoms. The van der Waals surface area contributed by atoms with Gasteiger partial charge in [0, 0.05) is 0 Å². The minimum Gasteiger partial charge on any atom is -0.388 e. The highest BCUT2D eigenvalue weighted by Gasteiger charge is 2.37. The molecule has 4 amide bonds. The van der Waals surface area contributed by atoms with Gasteiger partial charge in [-0.15, -0.1) is 24.8 Å². The molecule has 0 unspecified atom stereocenters. The molecule has 2 rings (SSSR count). The molecule has 0 saturated carbocycles. The molecule has 8 atom stereocenters. The number of aliphatic hydroxyl groups excluding tert-OH is 2. The van der Waals surface area contributed by atoms with Crippen molar-refractivity contribution in [3.8, 4) is 0 Å². The van der Waals surface area contributed by atoms with Gasteiger partial charge in [-0.05, 0) is 48.6 Å². The summed E-state index contributed by atoms with van der Waals surface area (Å²) in [4.78, 5) is 53.8. The van der Waals surface area contributed by atoms with Crippen LogP contribution < -0.4 is 32.7 Å². The second-order valence-corrected chi connectivity index (χ2v) is 15.3. The second kappa shape index (κ2) is 28.2. The third-order valence-electron chi connectivity index (χ3n) is 9.83. The summed E-state index contributed by atoms with van der Waals surface area (Å²) in [5, 5.41) is 34.9. The van der Waals surface area contributed by atoms with Gasteiger partial charge in [0.1, 0.15) is 24.3 Å². The van der Waals surface area contributed by atoms with Crippen molar-refractivity contribution in [1.82, 2.24) is 21.3 Å². The topological polar surface area (TPSA) is 209 Å². The summed E-state index contributed by atoms with van der Waals surface area (Å²) in [6.45, 7) is 11.3. The number of carbonyl (C=O) groups is 4. The zero-order chi connectivity index (χ0) is 40.2. The highest BCUT2D eigenvalue weighted by Crippen LogP contribution is 2.18. The fraction of sp³-hybridized carbons (Fsp3) is 0.619. The first kappa shape index (κ1) is 52.7. The van der Waals surface area contributed by atoms with E-state index in [-0.39, 0.29) is 36.6 Å². The molecule has 0 aliphatic heterocycles. The molecule has 0 radical (unpaired) electrons. The number of hydrogen-bond acceptors (Lipinski definition) is 8. The Labute approximate surface area is 347 Å². The summed E-state index contributed by atoms with van der Waals surface area (Å²) in [5.74, 6) is -2.55. The number of unbranched alkanes of at least 4 members (excludes halogenated alkanes) is 4. The van der Waals surface area contributed by atoms with E-state index in [1.165, 1.54) is 0 Å². The van der Waals surface area contributed by atoms with E-state index in [1.54, 1.807) is 0 Å². The molecule has 0 aliphatic carbocycles. The maximum atomic E-state index is 13.8. The minimum atomic E-state index is -1.45. The lowest BCUT2D eigenvalue weighted by Crippen LogP contribution is -2.61. The predicted molar refractivity (Wildman–Crippen MR) is 228 cm³/mol. The van der Waals surface area contributed by atoms with E-state index in [9.17, 15) is 29.4 Å². The smallest absolute Gasteiger partial charge is 0.243 e. The van der Waals surface area contributed by atoms with E-state index in [4.69, 9.17) is 11.5 Å². The van der Waals surface area contributed by atoms with Gasteiger partial charge in [-0.3, -0.25) is 19.2 Å². The Morgan fingerprint density at radius 2 is 0.857 bits per heavy atom. The fourth-order valence-corrected chi connectivity index (χ4v) is 6.42. The molecule has 318 valence electrons. The van der Waals surface area contributed by atoms with Gasteiger partial charge in [0.25, 0.3) is 0 Å². The number of halogens is 2. The van der Waals surface area contributed by atoms with Crippen molar-refractivity contribution in [2.24, 2.45) is 23.3 Å². The lowest BCUT2D eigenvalue weighted by Gasteiger charge is -2.35. The summed E-state index contributed by atoms with van der Waals surface area (Å²) < 4.78 is 0. The number of aliphatic hydroxyl groups is 2. The first-order chi connectivity index (χ1) is 25.7. The van der Waals surface area contributed by atoms with E-state index >= 15 is 0 Å². The lowest BCUT2D eigenvalue weighted by molar-refractivity contribution is -0.133. The van der Waals surface area contributed by atoms with Crippen LogP contribution in [0.5, 0.6) is 0 Å². The summed E-state index contributed by atoms with van der Waals surface area (Å²) in [5.41, 5.74) is 14.2. The summed E-state index contributed by atoms with van der Waals surface area (Å²) in [6.07, 6.45) is 3.25. The highest BCUT2D eigenvalue weighted by atomic mass is 35.5. The Hall–Kier alpha value is -3.26. The van der Waals surface area contributed by atoms with Crippen molar-refractivity contribution in [3.63, 3.8) is 0 Å². The summed E-state index contributed by atoms with van der Waals surface area (Å²) >= 11 is 0. The van der Waals surface area contributed by atoms with E-state index < -0.39 is 72.1 Å². The van der Waals surface area contributed by atoms with Crippen LogP contribution in [-0.4, -0.2) is 82.3 Å². The molecule has 2 aromatic carbocycles. The molecule has 56 heavy (non-hydrogen) atoms. The minimum absolute atomic E-state index is 0. The molecular weight excluding hydrogens is 755 g/mol. The molecular formula is C42H70Cl2N6O6. The maximum Gasteiger partial charge on any atom is 0.243 e. The monoisotopic (exact) mass is 824 g/mol. The van der Waals surface area contributed by atoms with Crippen LogP contribution in [0.4, 0.5) is 0 Å². The molecule has 0 spiro atoms. The van der Waals surface area contributed by atoms with Crippen LogP contribution >= 0.6 is 24.8 Å². The van der Waals surface area contributed by atoms with Gasteiger partial charge in [0.15, 0.2) is 0 Å². The van der Waals surface area contributed by atoms with Gasteiger partial charge >= 0.3 is 0 Å². The second-order valence-electron chi connectivity index (χ2n) is 15.3. The number of benzene rings is 2. The molecule has 2 aromatic rings. The predicted octanol–water partition coefficient (Wildman–Crippen LogP) is 4.10. The van der Waals surface area contributed by atoms with E-state index in [0.717, 1.165) is 36.8 Å². The van der Waals surface area contributed by atoms with Crippen LogP contribution in [0, 0.1) is 11.8 Å². The SMILES string of the molecule is CCCCC[C@H](NC(=O)[C@@H](NC(=O)[C@@H](N)Cc1ccccc1)C(C)C)[C@@H](O)[C@H](O)[C@H](CCCCC)NC(=O)[C@@H](NC(=O)[C@@H](N)Cc1ccccc1)C(C)C.Cl.Cl. The lowest BCUT2D eigenvalue weighted by atomic mass is 9.91. The average molecular weight is 826 g/mol. The largest absolute Gasteiger partial charge is 0.388 e. The Balaban J connectivity index is 0.0000151. The molecule has 0 bridgehead atoms. The van der Waals surface area contributed by atoms with Gasteiger partial charge < -0.3 is 42.9 Å². The first-order valence-corrected chi connectivity index (χ1v) is 19.9. The van der Waals surface area contributed by atoms with Gasteiger partial charge in [0.2, 0.25) is 23.6 Å². The van der Waals surface area contributed by atoms with Crippen LogP contribution in [0.1, 0.15) is 104 Å². The van der Waals surface area contributed by atoms with Crippen molar-refractivity contribution in [3.05, 3.63) is 71.8 Å². The number of nitrogens with two attached hydrogens (primary N) is 2. The van der Waals surface area contributed by atoms with Crippen molar-refractivity contribution in [1.29, 1.82) is 0 Å². The quantitative estimate of drug-likeness (QED) is 0.0683. The number of nitrogens with one attached hydrogen (secondary N) is 4. The Bertz CT molecular complexity index is 1300. The summed E-state index contributed by atoms with van der Waals surface area (Å²) in [7, 11) is 0. The standard InChI is InChI=1S/C42H68N6O6.2ClH/c1-7-9-13-23-33(45-41(53)35(27(3)4)47-39(51)31(43)25-29-19-15-11-16-20-29)37(49)38(50)34(24-14-10-8-2)46-42(54)36(28(5)6)48-40(52)32(44)26-30-21-17-12-18-22-30;;/h11-12,15-22,27-28,31-38,49-50H,7-10,13-14,23-26,43-44H2,1-6H3,(H,45,53)(H,46,54)(H,47,51)(H,48,52);2*1H/t31-,32-,33-,34-,35-,36-,37+,38+;;/m0../s1. The Morgan fingerprint density at radius 3 is 1.14 bits per heavy atom. The van der Waals surface area contributed by atoms with Crippen LogP contribution in [0.3, 0.4) is 0 Å². The molecule has 12 nitrogen and oxygen atoms in total. The zero-order valence-corrected chi connectivity index (χ0v) is 35.7. The average Bonchev–Trinajstić information content (AvgIpc) is 3.14. The third-order valence-corrected chi connectivity index (χ3v) is 9.83. The fourth-order valence-electron chi connectivity index (χ4n) is 6.42. The van der Waals surface area contributed by atoms with Crippen LogP contribution in [0.2, 0.25) is 0 Å². The van der Waals surface area contributed by atoms with E-state index in [1.807, 2.05) is 102 Å². The van der Waals surface area contributed by atoms with Crippen LogP contribution in [-0.2, 0) is 32.0 Å². The van der Waals surface area contributed by atoms with Gasteiger partial charge in [-0.2, -0.15) is 0 Å². The van der Waals surface area contributed by atoms with Crippen molar-refractivity contribution in [2.45, 2.75) is 154 Å². The molecule has 0 saturated heterocycles. The van der Waals surface area contributed by atoms with Gasteiger partial charge in [-0.1, -0.05) is 141 Å². The molecule has 0 aromatic heterocycles.